The summed E-state index contributed by atoms with van der Waals surface area (Å²) in [7, 11) is 1.57. The molecule has 3 N–H and O–H groups in total. The molecule has 154 valence electrons. The first-order valence-corrected chi connectivity index (χ1v) is 9.42. The maximum absolute atomic E-state index is 12.5. The summed E-state index contributed by atoms with van der Waals surface area (Å²) in [4.78, 5) is 38.7. The Hall–Kier alpha value is -2.61. The van der Waals surface area contributed by atoms with Crippen molar-refractivity contribution < 1.29 is 24.2 Å². The van der Waals surface area contributed by atoms with E-state index in [0.717, 1.165) is 0 Å². The van der Waals surface area contributed by atoms with E-state index >= 15 is 0 Å². The number of aliphatic hydroxyl groups is 1. The van der Waals surface area contributed by atoms with Crippen LogP contribution in [0, 0.1) is 11.8 Å². The van der Waals surface area contributed by atoms with Gasteiger partial charge in [0.1, 0.15) is 11.8 Å². The quantitative estimate of drug-likeness (QED) is 0.604. The minimum Gasteiger partial charge on any atom is -0.497 e. The number of benzene rings is 1. The number of nitrogens with one attached hydrogen (secondary N) is 2. The molecule has 0 aliphatic carbocycles. The van der Waals surface area contributed by atoms with Crippen molar-refractivity contribution in [2.75, 3.05) is 25.2 Å². The Morgan fingerprint density at radius 1 is 1.21 bits per heavy atom. The van der Waals surface area contributed by atoms with E-state index in [1.165, 1.54) is 0 Å². The summed E-state index contributed by atoms with van der Waals surface area (Å²) in [6.45, 7) is 5.46. The number of rotatable bonds is 8. The van der Waals surface area contributed by atoms with Gasteiger partial charge in [-0.05, 0) is 37.1 Å². The SMILES string of the molecule is COc1ccc(N2CC(C(=O)N[C@@H](C)C(=O)N[C@H](CO)C(C)C)CC2=O)cc1. The monoisotopic (exact) mass is 391 g/mol. The average Bonchev–Trinajstić information content (AvgIpc) is 3.07. The van der Waals surface area contributed by atoms with Gasteiger partial charge in [-0.15, -0.1) is 0 Å². The molecule has 0 aromatic heterocycles. The maximum Gasteiger partial charge on any atom is 0.242 e. The molecule has 3 amide bonds. The second-order valence-corrected chi connectivity index (χ2v) is 7.38. The van der Waals surface area contributed by atoms with Gasteiger partial charge in [0, 0.05) is 18.7 Å². The molecule has 3 atom stereocenters. The summed E-state index contributed by atoms with van der Waals surface area (Å²) >= 11 is 0. The molecule has 1 aromatic carbocycles. The van der Waals surface area contributed by atoms with Crippen LogP contribution in [0.1, 0.15) is 27.2 Å². The van der Waals surface area contributed by atoms with Crippen molar-refractivity contribution in [3.63, 3.8) is 0 Å². The molecule has 28 heavy (non-hydrogen) atoms. The first-order valence-electron chi connectivity index (χ1n) is 9.42. The topological polar surface area (TPSA) is 108 Å². The normalized spacial score (nSPS) is 18.7. The molecule has 1 aliphatic heterocycles. The third-order valence-electron chi connectivity index (χ3n) is 4.96. The summed E-state index contributed by atoms with van der Waals surface area (Å²) in [6, 6.07) is 5.93. The zero-order valence-corrected chi connectivity index (χ0v) is 16.8. The van der Waals surface area contributed by atoms with Gasteiger partial charge in [0.05, 0.1) is 25.7 Å². The fraction of sp³-hybridized carbons (Fsp3) is 0.550. The number of anilines is 1. The van der Waals surface area contributed by atoms with E-state index in [9.17, 15) is 19.5 Å². The van der Waals surface area contributed by atoms with Crippen LogP contribution in [0.15, 0.2) is 24.3 Å². The molecule has 0 radical (unpaired) electrons. The van der Waals surface area contributed by atoms with Gasteiger partial charge in [0.2, 0.25) is 17.7 Å². The van der Waals surface area contributed by atoms with Crippen LogP contribution in [0.25, 0.3) is 0 Å². The van der Waals surface area contributed by atoms with Crippen LogP contribution in [-0.2, 0) is 14.4 Å². The molecule has 1 saturated heterocycles. The lowest BCUT2D eigenvalue weighted by molar-refractivity contribution is -0.131. The Kier molecular flexibility index (Phi) is 7.39. The first kappa shape index (κ1) is 21.7. The summed E-state index contributed by atoms with van der Waals surface area (Å²) in [6.07, 6.45) is 0.0947. The van der Waals surface area contributed by atoms with Crippen molar-refractivity contribution in [3.8, 4) is 5.75 Å². The molecule has 8 heteroatoms. The average molecular weight is 391 g/mol. The summed E-state index contributed by atoms with van der Waals surface area (Å²) in [5.74, 6) is -0.602. The minimum absolute atomic E-state index is 0.0716. The number of amides is 3. The molecule has 0 saturated carbocycles. The van der Waals surface area contributed by atoms with E-state index in [-0.39, 0.29) is 49.3 Å². The number of hydrogen-bond donors (Lipinski definition) is 3. The van der Waals surface area contributed by atoms with E-state index in [1.807, 2.05) is 13.8 Å². The molecule has 0 bridgehead atoms. The van der Waals surface area contributed by atoms with Crippen molar-refractivity contribution in [3.05, 3.63) is 24.3 Å². The number of methoxy groups -OCH3 is 1. The van der Waals surface area contributed by atoms with E-state index in [1.54, 1.807) is 43.2 Å². The number of hydrogen-bond acceptors (Lipinski definition) is 5. The lowest BCUT2D eigenvalue weighted by Gasteiger charge is -2.23. The van der Waals surface area contributed by atoms with Crippen LogP contribution in [0.2, 0.25) is 0 Å². The molecule has 8 nitrogen and oxygen atoms in total. The number of nitrogens with zero attached hydrogens (tertiary/aromatic N) is 1. The molecular weight excluding hydrogens is 362 g/mol. The van der Waals surface area contributed by atoms with Gasteiger partial charge in [-0.25, -0.2) is 0 Å². The van der Waals surface area contributed by atoms with Crippen molar-refractivity contribution in [1.82, 2.24) is 10.6 Å². The lowest BCUT2D eigenvalue weighted by atomic mass is 10.0. The van der Waals surface area contributed by atoms with Crippen LogP contribution in [-0.4, -0.2) is 55.2 Å². The Morgan fingerprint density at radius 2 is 1.86 bits per heavy atom. The second-order valence-electron chi connectivity index (χ2n) is 7.38. The highest BCUT2D eigenvalue weighted by Crippen LogP contribution is 2.27. The predicted molar refractivity (Wildman–Crippen MR) is 105 cm³/mol. The van der Waals surface area contributed by atoms with Gasteiger partial charge in [0.15, 0.2) is 0 Å². The molecule has 1 fully saturated rings. The Balaban J connectivity index is 1.93. The third-order valence-corrected chi connectivity index (χ3v) is 4.96. The molecule has 1 heterocycles. The van der Waals surface area contributed by atoms with E-state index < -0.39 is 12.0 Å². The van der Waals surface area contributed by atoms with Crippen molar-refractivity contribution >= 4 is 23.4 Å². The van der Waals surface area contributed by atoms with Crippen LogP contribution in [0.5, 0.6) is 5.75 Å². The fourth-order valence-electron chi connectivity index (χ4n) is 3.02. The largest absolute Gasteiger partial charge is 0.497 e. The van der Waals surface area contributed by atoms with Crippen LogP contribution in [0.4, 0.5) is 5.69 Å². The highest BCUT2D eigenvalue weighted by molar-refractivity contribution is 6.01. The molecule has 0 spiro atoms. The molecular formula is C20H29N3O5. The van der Waals surface area contributed by atoms with Gasteiger partial charge in [-0.3, -0.25) is 14.4 Å². The number of aliphatic hydroxyl groups excluding tert-OH is 1. The standard InChI is InChI=1S/C20H29N3O5/c1-12(2)17(11-24)22-19(26)13(3)21-20(27)14-9-18(25)23(10-14)15-5-7-16(28-4)8-6-15/h5-8,12-14,17,24H,9-11H2,1-4H3,(H,21,27)(H,22,26)/t13-,14?,17+/m0/s1. The summed E-state index contributed by atoms with van der Waals surface area (Å²) < 4.78 is 5.11. The van der Waals surface area contributed by atoms with Crippen LogP contribution < -0.4 is 20.3 Å². The minimum atomic E-state index is -0.759. The van der Waals surface area contributed by atoms with E-state index in [2.05, 4.69) is 10.6 Å². The maximum atomic E-state index is 12.5. The van der Waals surface area contributed by atoms with Gasteiger partial charge < -0.3 is 25.4 Å². The van der Waals surface area contributed by atoms with Gasteiger partial charge in [-0.1, -0.05) is 13.8 Å². The number of carbonyl (C=O) groups excluding carboxylic acids is 3. The Bertz CT molecular complexity index is 704. The first-order chi connectivity index (χ1) is 13.3. The summed E-state index contributed by atoms with van der Waals surface area (Å²) in [5, 5.41) is 14.7. The predicted octanol–water partition coefficient (Wildman–Crippen LogP) is 0.686. The fourth-order valence-corrected chi connectivity index (χ4v) is 3.02. The van der Waals surface area contributed by atoms with Gasteiger partial charge >= 0.3 is 0 Å². The van der Waals surface area contributed by atoms with Crippen LogP contribution >= 0.6 is 0 Å². The molecule has 1 aliphatic rings. The Labute approximate surface area is 165 Å². The Morgan fingerprint density at radius 3 is 2.39 bits per heavy atom. The third kappa shape index (κ3) is 5.22. The van der Waals surface area contributed by atoms with Crippen molar-refractivity contribution in [1.29, 1.82) is 0 Å². The second kappa shape index (κ2) is 9.54. The molecule has 2 rings (SSSR count). The number of carbonyl (C=O) groups is 3. The van der Waals surface area contributed by atoms with Crippen molar-refractivity contribution in [2.45, 2.75) is 39.3 Å². The number of ether oxygens (including phenoxy) is 1. The van der Waals surface area contributed by atoms with E-state index in [0.29, 0.717) is 11.4 Å². The summed E-state index contributed by atoms with van der Waals surface area (Å²) in [5.41, 5.74) is 0.703. The zero-order chi connectivity index (χ0) is 20.8. The molecule has 1 aromatic rings. The van der Waals surface area contributed by atoms with Crippen LogP contribution in [0.3, 0.4) is 0 Å². The van der Waals surface area contributed by atoms with Gasteiger partial charge in [-0.2, -0.15) is 0 Å². The van der Waals surface area contributed by atoms with Gasteiger partial charge in [0.25, 0.3) is 0 Å². The smallest absolute Gasteiger partial charge is 0.242 e. The van der Waals surface area contributed by atoms with E-state index in [4.69, 9.17) is 4.74 Å². The lowest BCUT2D eigenvalue weighted by Crippen LogP contribution is -2.51. The highest BCUT2D eigenvalue weighted by atomic mass is 16.5. The molecule has 1 unspecified atom stereocenters. The van der Waals surface area contributed by atoms with Crippen molar-refractivity contribution in [2.24, 2.45) is 11.8 Å². The highest BCUT2D eigenvalue weighted by Gasteiger charge is 2.36. The zero-order valence-electron chi connectivity index (χ0n) is 16.8.